The third-order valence-corrected chi connectivity index (χ3v) is 12.2. The van der Waals surface area contributed by atoms with E-state index in [4.69, 9.17) is 9.47 Å². The van der Waals surface area contributed by atoms with Gasteiger partial charge in [-0.1, -0.05) is 97.1 Å². The Morgan fingerprint density at radius 2 is 0.875 bits per heavy atom. The molecule has 0 bridgehead atoms. The quantitative estimate of drug-likeness (QED) is 0.0367. The number of non-ortho nitro benzene ring substituents is 2. The molecule has 0 spiro atoms. The van der Waals surface area contributed by atoms with Crippen LogP contribution in [-0.2, 0) is 37.4 Å². The minimum Gasteiger partial charge on any atom is -0.496 e. The number of alkyl halides is 6. The second-order valence-corrected chi connectivity index (χ2v) is 16.8. The van der Waals surface area contributed by atoms with E-state index in [9.17, 15) is 56.8 Å². The van der Waals surface area contributed by atoms with Gasteiger partial charge in [0.2, 0.25) is 0 Å². The number of ether oxygens (including phenoxy) is 2. The number of nitro groups is 2. The summed E-state index contributed by atoms with van der Waals surface area (Å²) in [6.45, 7) is -1.29. The summed E-state index contributed by atoms with van der Waals surface area (Å²) in [5.74, 6) is 1.01. The molecule has 8 rings (SSSR count). The maximum absolute atomic E-state index is 14.4. The highest BCUT2D eigenvalue weighted by molar-refractivity contribution is 5.88. The van der Waals surface area contributed by atoms with E-state index in [0.29, 0.717) is 22.6 Å². The number of halogens is 6. The Balaban J connectivity index is 0.000000211. The Labute approximate surface area is 408 Å². The van der Waals surface area contributed by atoms with Crippen LogP contribution in [0.3, 0.4) is 0 Å². The topological polar surface area (TPSA) is 179 Å². The number of aliphatic hydroxyl groups is 2. The molecule has 0 aliphatic rings. The van der Waals surface area contributed by atoms with Crippen molar-refractivity contribution >= 4 is 33.2 Å². The summed E-state index contributed by atoms with van der Waals surface area (Å²) in [5.41, 5.74) is -4.53. The third-order valence-electron chi connectivity index (χ3n) is 12.2. The van der Waals surface area contributed by atoms with Crippen LogP contribution in [0.5, 0.6) is 11.5 Å². The lowest BCUT2D eigenvalue weighted by Crippen LogP contribution is -2.49. The van der Waals surface area contributed by atoms with E-state index < -0.39 is 46.5 Å². The average Bonchev–Trinajstić information content (AvgIpc) is 3.92. The molecule has 2 heterocycles. The number of fused-ring (bicyclic) bond motifs is 2. The molecular formula is C52H48F6N6O8. The van der Waals surface area contributed by atoms with Crippen LogP contribution >= 0.6 is 0 Å². The Bertz CT molecular complexity index is 2960. The number of hydrogen-bond acceptors (Lipinski definition) is 10. The first-order chi connectivity index (χ1) is 34.3. The molecule has 0 saturated carbocycles. The van der Waals surface area contributed by atoms with E-state index in [2.05, 4.69) is 10.6 Å². The van der Waals surface area contributed by atoms with E-state index in [0.717, 1.165) is 23.3 Å². The summed E-state index contributed by atoms with van der Waals surface area (Å²) in [7, 11) is 2.93. The molecule has 0 radical (unpaired) electrons. The van der Waals surface area contributed by atoms with E-state index in [-0.39, 0.29) is 70.5 Å². The summed E-state index contributed by atoms with van der Waals surface area (Å²) in [6.07, 6.45) is -7.62. The van der Waals surface area contributed by atoms with Crippen molar-refractivity contribution in [1.29, 1.82) is 0 Å². The lowest BCUT2D eigenvalue weighted by Gasteiger charge is -2.31. The molecule has 6 aromatic carbocycles. The number of aromatic nitrogens is 2. The van der Waals surface area contributed by atoms with Crippen LogP contribution in [0.1, 0.15) is 33.4 Å². The van der Waals surface area contributed by atoms with Gasteiger partial charge in [0.1, 0.15) is 11.5 Å². The van der Waals surface area contributed by atoms with Gasteiger partial charge in [-0.15, -0.1) is 0 Å². The predicted octanol–water partition coefficient (Wildman–Crippen LogP) is 10.3. The molecular weight excluding hydrogens is 951 g/mol. The Hall–Kier alpha value is -7.78. The summed E-state index contributed by atoms with van der Waals surface area (Å²) < 4.78 is 99.9. The van der Waals surface area contributed by atoms with Crippen LogP contribution in [0, 0.1) is 20.2 Å². The Kier molecular flexibility index (Phi) is 15.7. The number of para-hydroxylation sites is 2. The normalized spacial score (nSPS) is 13.5. The van der Waals surface area contributed by atoms with Crippen LogP contribution in [0.15, 0.2) is 158 Å². The van der Waals surface area contributed by atoms with Crippen molar-refractivity contribution in [3.63, 3.8) is 0 Å². The number of nitro benzene ring substituents is 2. The van der Waals surface area contributed by atoms with Crippen LogP contribution in [-0.4, -0.2) is 68.9 Å². The number of benzene rings is 6. The maximum Gasteiger partial charge on any atom is 0.422 e. The van der Waals surface area contributed by atoms with E-state index in [1.807, 2.05) is 12.1 Å². The van der Waals surface area contributed by atoms with Crippen LogP contribution in [0.2, 0.25) is 0 Å². The zero-order chi connectivity index (χ0) is 51.8. The summed E-state index contributed by atoms with van der Waals surface area (Å²) in [6, 6.07) is 39.0. The predicted molar refractivity (Wildman–Crippen MR) is 258 cm³/mol. The number of methoxy groups -OCH3 is 2. The van der Waals surface area contributed by atoms with Crippen molar-refractivity contribution in [2.45, 2.75) is 49.7 Å². The summed E-state index contributed by atoms with van der Waals surface area (Å²) >= 11 is 0. The lowest BCUT2D eigenvalue weighted by molar-refractivity contribution is -0.384. The molecule has 376 valence electrons. The van der Waals surface area contributed by atoms with Gasteiger partial charge in [0.15, 0.2) is 11.2 Å². The van der Waals surface area contributed by atoms with Crippen LogP contribution < -0.4 is 20.1 Å². The first kappa shape index (κ1) is 52.1. The molecule has 2 atom stereocenters. The molecule has 0 aliphatic heterocycles. The highest BCUT2D eigenvalue weighted by Gasteiger charge is 2.57. The molecule has 0 amide bonds. The van der Waals surface area contributed by atoms with Gasteiger partial charge in [-0.25, -0.2) is 0 Å². The van der Waals surface area contributed by atoms with E-state index in [1.165, 1.54) is 60.0 Å². The van der Waals surface area contributed by atoms with Crippen molar-refractivity contribution in [2.24, 2.45) is 0 Å². The zero-order valence-corrected chi connectivity index (χ0v) is 38.7. The average molecular weight is 999 g/mol. The van der Waals surface area contributed by atoms with Crippen molar-refractivity contribution in [2.75, 3.05) is 27.3 Å². The number of nitrogens with one attached hydrogen (secondary N) is 2. The molecule has 20 heteroatoms. The van der Waals surface area contributed by atoms with E-state index >= 15 is 0 Å². The monoisotopic (exact) mass is 998 g/mol. The Morgan fingerprint density at radius 3 is 1.21 bits per heavy atom. The van der Waals surface area contributed by atoms with Crippen molar-refractivity contribution in [1.82, 2.24) is 19.8 Å². The highest BCUT2D eigenvalue weighted by Crippen LogP contribution is 2.45. The zero-order valence-electron chi connectivity index (χ0n) is 38.7. The van der Waals surface area contributed by atoms with Crippen molar-refractivity contribution in [3.8, 4) is 11.5 Å². The molecule has 14 nitrogen and oxygen atoms in total. The SMILES string of the molecule is COc1ccccc1CNCC(O)(c1cn(Cc2ccccc2)c2cc([N+](=O)[O-])ccc12)C(F)(F)F.COc1ccccc1CNCC(O)(c1cn(Cc2ccccc2)c2cc([N+](=O)[O-])ccc12)C(F)(F)F. The second-order valence-electron chi connectivity index (χ2n) is 16.8. The Morgan fingerprint density at radius 1 is 0.528 bits per heavy atom. The van der Waals surface area contributed by atoms with Gasteiger partial charge in [0.25, 0.3) is 11.4 Å². The van der Waals surface area contributed by atoms with Gasteiger partial charge >= 0.3 is 12.4 Å². The lowest BCUT2D eigenvalue weighted by atomic mass is 9.92. The fourth-order valence-electron chi connectivity index (χ4n) is 8.42. The van der Waals surface area contributed by atoms with Gasteiger partial charge in [-0.2, -0.15) is 26.3 Å². The number of nitrogens with zero attached hydrogens (tertiary/aromatic N) is 4. The first-order valence-electron chi connectivity index (χ1n) is 22.1. The fourth-order valence-corrected chi connectivity index (χ4v) is 8.42. The smallest absolute Gasteiger partial charge is 0.422 e. The van der Waals surface area contributed by atoms with Crippen molar-refractivity contribution < 1.29 is 55.9 Å². The third kappa shape index (κ3) is 11.2. The van der Waals surface area contributed by atoms with Gasteiger partial charge < -0.3 is 39.5 Å². The van der Waals surface area contributed by atoms with E-state index in [1.54, 1.807) is 97.1 Å². The largest absolute Gasteiger partial charge is 0.496 e. The maximum atomic E-state index is 14.4. The molecule has 0 fully saturated rings. The standard InChI is InChI=1S/2C26H24F3N3O4/c2*1-36-24-10-6-5-9-19(24)14-30-17-25(33,26(27,28)29)22-16-31(15-18-7-3-2-4-8-18)23-13-20(32(34)35)11-12-21(22)23/h2*2-13,16,30,33H,14-15,17H2,1H3. The van der Waals surface area contributed by atoms with Gasteiger partial charge in [-0.05, 0) is 35.4 Å². The minimum atomic E-state index is -5.03. The van der Waals surface area contributed by atoms with Gasteiger partial charge in [-0.3, -0.25) is 20.2 Å². The van der Waals surface area contributed by atoms with Crippen molar-refractivity contribution in [3.05, 3.63) is 212 Å². The summed E-state index contributed by atoms with van der Waals surface area (Å²) in [5, 5.41) is 50.5. The molecule has 2 aromatic heterocycles. The first-order valence-corrected chi connectivity index (χ1v) is 22.1. The van der Waals surface area contributed by atoms with Crippen LogP contribution in [0.25, 0.3) is 21.8 Å². The van der Waals surface area contributed by atoms with Crippen LogP contribution in [0.4, 0.5) is 37.7 Å². The second kappa shape index (κ2) is 21.7. The molecule has 4 N–H and O–H groups in total. The summed E-state index contributed by atoms with van der Waals surface area (Å²) in [4.78, 5) is 21.5. The molecule has 2 unspecified atom stereocenters. The molecule has 8 aromatic rings. The molecule has 0 saturated heterocycles. The fraction of sp³-hybridized carbons (Fsp3) is 0.231. The highest BCUT2D eigenvalue weighted by atomic mass is 19.4. The molecule has 0 aliphatic carbocycles. The number of hydrogen-bond donors (Lipinski definition) is 4. The minimum absolute atomic E-state index is 0.0243. The van der Waals surface area contributed by atoms with Gasteiger partial charge in [0, 0.05) is 109 Å². The molecule has 72 heavy (non-hydrogen) atoms. The number of rotatable bonds is 18. The van der Waals surface area contributed by atoms with Gasteiger partial charge in [0.05, 0.1) is 35.1 Å².